The summed E-state index contributed by atoms with van der Waals surface area (Å²) in [6, 6.07) is 1.03. The molecule has 0 atom stereocenters. The summed E-state index contributed by atoms with van der Waals surface area (Å²) in [5.74, 6) is 2.53. The van der Waals surface area contributed by atoms with Crippen LogP contribution in [0.2, 0.25) is 0 Å². The highest BCUT2D eigenvalue weighted by molar-refractivity contribution is 7.99. The van der Waals surface area contributed by atoms with E-state index in [0.717, 1.165) is 5.11 Å². The fraction of sp³-hybridized carbons (Fsp3) is 0.889. The van der Waals surface area contributed by atoms with Crippen molar-refractivity contribution in [3.63, 3.8) is 0 Å². The van der Waals surface area contributed by atoms with Crippen LogP contribution in [0.25, 0.3) is 0 Å². The van der Waals surface area contributed by atoms with Crippen molar-refractivity contribution in [1.82, 2.24) is 10.6 Å². The van der Waals surface area contributed by atoms with Crippen molar-refractivity contribution in [3.8, 4) is 0 Å². The molecule has 2 N–H and O–H groups in total. The van der Waals surface area contributed by atoms with Gasteiger partial charge >= 0.3 is 0 Å². The van der Waals surface area contributed by atoms with Crippen molar-refractivity contribution < 1.29 is 0 Å². The van der Waals surface area contributed by atoms with Crippen LogP contribution >= 0.6 is 24.0 Å². The average Bonchev–Trinajstić information content (AvgIpc) is 2.04. The van der Waals surface area contributed by atoms with Crippen LogP contribution in [0.15, 0.2) is 0 Å². The second kappa shape index (κ2) is 5.70. The van der Waals surface area contributed by atoms with Crippen molar-refractivity contribution in [2.75, 3.05) is 11.5 Å². The van der Waals surface area contributed by atoms with Gasteiger partial charge in [0, 0.05) is 12.1 Å². The van der Waals surface area contributed by atoms with Gasteiger partial charge in [-0.1, -0.05) is 0 Å². The fourth-order valence-electron chi connectivity index (χ4n) is 1.33. The van der Waals surface area contributed by atoms with Gasteiger partial charge in [0.1, 0.15) is 0 Å². The number of hydrogen-bond donors (Lipinski definition) is 2. The zero-order valence-corrected chi connectivity index (χ0v) is 9.93. The molecule has 0 amide bonds. The molecule has 0 aliphatic carbocycles. The SMILES string of the molecule is CC(C)NC(=S)NC1CCSCC1. The molecular formula is C9H18N2S2. The number of rotatable bonds is 2. The molecule has 13 heavy (non-hydrogen) atoms. The van der Waals surface area contributed by atoms with Crippen LogP contribution in [0.5, 0.6) is 0 Å². The van der Waals surface area contributed by atoms with E-state index in [9.17, 15) is 0 Å². The Hall–Kier alpha value is 0.0400. The highest BCUT2D eigenvalue weighted by atomic mass is 32.2. The Bertz CT molecular complexity index is 165. The van der Waals surface area contributed by atoms with E-state index >= 15 is 0 Å². The molecule has 0 radical (unpaired) electrons. The molecule has 1 aliphatic rings. The minimum absolute atomic E-state index is 0.429. The Labute approximate surface area is 90.2 Å². The van der Waals surface area contributed by atoms with E-state index in [1.165, 1.54) is 24.3 Å². The van der Waals surface area contributed by atoms with Gasteiger partial charge in [0.05, 0.1) is 0 Å². The number of thioether (sulfide) groups is 1. The molecule has 2 nitrogen and oxygen atoms in total. The Morgan fingerprint density at radius 1 is 1.38 bits per heavy atom. The second-order valence-electron chi connectivity index (χ2n) is 3.66. The monoisotopic (exact) mass is 218 g/mol. The Morgan fingerprint density at radius 2 is 2.00 bits per heavy atom. The van der Waals surface area contributed by atoms with E-state index in [2.05, 4.69) is 24.5 Å². The Kier molecular flexibility index (Phi) is 4.88. The van der Waals surface area contributed by atoms with Crippen molar-refractivity contribution in [1.29, 1.82) is 0 Å². The highest BCUT2D eigenvalue weighted by Gasteiger charge is 2.14. The van der Waals surface area contributed by atoms with Crippen LogP contribution in [-0.4, -0.2) is 28.7 Å². The lowest BCUT2D eigenvalue weighted by Gasteiger charge is -2.24. The third-order valence-corrected chi connectivity index (χ3v) is 3.26. The molecule has 0 bridgehead atoms. The highest BCUT2D eigenvalue weighted by Crippen LogP contribution is 2.16. The molecule has 1 aliphatic heterocycles. The third kappa shape index (κ3) is 4.72. The lowest BCUT2D eigenvalue weighted by atomic mass is 10.2. The van der Waals surface area contributed by atoms with Crippen molar-refractivity contribution in [3.05, 3.63) is 0 Å². The summed E-state index contributed by atoms with van der Waals surface area (Å²) >= 11 is 7.22. The smallest absolute Gasteiger partial charge is 0.166 e. The first-order valence-corrected chi connectivity index (χ1v) is 6.39. The van der Waals surface area contributed by atoms with Gasteiger partial charge in [0.25, 0.3) is 0 Å². The van der Waals surface area contributed by atoms with Crippen LogP contribution in [0.3, 0.4) is 0 Å². The van der Waals surface area contributed by atoms with Gasteiger partial charge in [-0.25, -0.2) is 0 Å². The topological polar surface area (TPSA) is 24.1 Å². The molecule has 0 aromatic heterocycles. The molecule has 1 heterocycles. The standard InChI is InChI=1S/C9H18N2S2/c1-7(2)10-9(12)11-8-3-5-13-6-4-8/h7-8H,3-6H2,1-2H3,(H2,10,11,12). The molecule has 1 rings (SSSR count). The quantitative estimate of drug-likeness (QED) is 0.690. The summed E-state index contributed by atoms with van der Waals surface area (Å²) in [7, 11) is 0. The average molecular weight is 218 g/mol. The largest absolute Gasteiger partial charge is 0.361 e. The maximum Gasteiger partial charge on any atom is 0.166 e. The van der Waals surface area contributed by atoms with Crippen molar-refractivity contribution >= 4 is 29.1 Å². The number of nitrogens with one attached hydrogen (secondary N) is 2. The van der Waals surface area contributed by atoms with Gasteiger partial charge < -0.3 is 10.6 Å². The van der Waals surface area contributed by atoms with Gasteiger partial charge in [0.2, 0.25) is 0 Å². The van der Waals surface area contributed by atoms with Gasteiger partial charge in [-0.2, -0.15) is 11.8 Å². The van der Waals surface area contributed by atoms with Gasteiger partial charge in [-0.3, -0.25) is 0 Å². The van der Waals surface area contributed by atoms with E-state index in [1.807, 2.05) is 11.8 Å². The fourth-order valence-corrected chi connectivity index (χ4v) is 2.84. The van der Waals surface area contributed by atoms with E-state index in [1.54, 1.807) is 0 Å². The maximum absolute atomic E-state index is 5.18. The summed E-state index contributed by atoms with van der Waals surface area (Å²) in [6.07, 6.45) is 2.48. The van der Waals surface area contributed by atoms with E-state index < -0.39 is 0 Å². The number of hydrogen-bond acceptors (Lipinski definition) is 2. The van der Waals surface area contributed by atoms with Gasteiger partial charge in [-0.15, -0.1) is 0 Å². The van der Waals surface area contributed by atoms with Crippen LogP contribution in [-0.2, 0) is 0 Å². The van der Waals surface area contributed by atoms with Crippen LogP contribution < -0.4 is 10.6 Å². The second-order valence-corrected chi connectivity index (χ2v) is 5.29. The minimum atomic E-state index is 0.429. The lowest BCUT2D eigenvalue weighted by Crippen LogP contribution is -2.45. The van der Waals surface area contributed by atoms with E-state index in [0.29, 0.717) is 12.1 Å². The first-order chi connectivity index (χ1) is 6.18. The van der Waals surface area contributed by atoms with E-state index in [4.69, 9.17) is 12.2 Å². The zero-order valence-electron chi connectivity index (χ0n) is 8.30. The molecule has 1 fully saturated rings. The molecule has 0 aromatic carbocycles. The molecular weight excluding hydrogens is 200 g/mol. The van der Waals surface area contributed by atoms with Crippen LogP contribution in [0.1, 0.15) is 26.7 Å². The van der Waals surface area contributed by atoms with Gasteiger partial charge in [0.15, 0.2) is 5.11 Å². The van der Waals surface area contributed by atoms with Gasteiger partial charge in [-0.05, 0) is 50.4 Å². The summed E-state index contributed by atoms with van der Waals surface area (Å²) in [4.78, 5) is 0. The summed E-state index contributed by atoms with van der Waals surface area (Å²) < 4.78 is 0. The predicted molar refractivity (Wildman–Crippen MR) is 64.4 cm³/mol. The third-order valence-electron chi connectivity index (χ3n) is 1.98. The predicted octanol–water partition coefficient (Wildman–Crippen LogP) is 1.75. The molecule has 4 heteroatoms. The first-order valence-electron chi connectivity index (χ1n) is 4.83. The lowest BCUT2D eigenvalue weighted by molar-refractivity contribution is 0.555. The first kappa shape index (κ1) is 11.1. The normalized spacial score (nSPS) is 18.7. The molecule has 0 saturated carbocycles. The molecule has 0 spiro atoms. The molecule has 0 unspecified atom stereocenters. The van der Waals surface area contributed by atoms with Crippen molar-refractivity contribution in [2.45, 2.75) is 38.8 Å². The number of thiocarbonyl (C=S) groups is 1. The molecule has 76 valence electrons. The van der Waals surface area contributed by atoms with Crippen LogP contribution in [0.4, 0.5) is 0 Å². The molecule has 0 aromatic rings. The summed E-state index contributed by atoms with van der Waals surface area (Å²) in [5.41, 5.74) is 0. The maximum atomic E-state index is 5.18. The Balaban J connectivity index is 2.18. The van der Waals surface area contributed by atoms with E-state index in [-0.39, 0.29) is 0 Å². The summed E-state index contributed by atoms with van der Waals surface area (Å²) in [5, 5.41) is 7.37. The molecule has 1 saturated heterocycles. The zero-order chi connectivity index (χ0) is 9.68. The minimum Gasteiger partial charge on any atom is -0.361 e. The van der Waals surface area contributed by atoms with Crippen molar-refractivity contribution in [2.24, 2.45) is 0 Å². The van der Waals surface area contributed by atoms with Crippen LogP contribution in [0, 0.1) is 0 Å². The summed E-state index contributed by atoms with van der Waals surface area (Å²) in [6.45, 7) is 4.20. The Morgan fingerprint density at radius 3 is 2.54 bits per heavy atom.